The first kappa shape index (κ1) is 19.9. The van der Waals surface area contributed by atoms with Crippen LogP contribution in [0.3, 0.4) is 0 Å². The van der Waals surface area contributed by atoms with Crippen molar-refractivity contribution in [2.45, 2.75) is 26.7 Å². The van der Waals surface area contributed by atoms with Crippen LogP contribution in [0, 0.1) is 19.8 Å². The lowest BCUT2D eigenvalue weighted by atomic mass is 9.96. The van der Waals surface area contributed by atoms with Crippen LogP contribution in [0.4, 0.5) is 5.82 Å². The molecule has 5 rings (SSSR count). The molecule has 2 fully saturated rings. The van der Waals surface area contributed by atoms with E-state index < -0.39 is 0 Å². The van der Waals surface area contributed by atoms with Crippen molar-refractivity contribution in [3.8, 4) is 10.7 Å². The molecule has 0 unspecified atom stereocenters. The van der Waals surface area contributed by atoms with Crippen molar-refractivity contribution in [2.24, 2.45) is 5.92 Å². The summed E-state index contributed by atoms with van der Waals surface area (Å²) in [6.07, 6.45) is 1.95. The van der Waals surface area contributed by atoms with Gasteiger partial charge in [-0.05, 0) is 43.7 Å². The van der Waals surface area contributed by atoms with Gasteiger partial charge in [-0.25, -0.2) is 9.97 Å². The van der Waals surface area contributed by atoms with Gasteiger partial charge in [0.05, 0.1) is 29.4 Å². The maximum atomic E-state index is 13.1. The fourth-order valence-electron chi connectivity index (χ4n) is 4.39. The van der Waals surface area contributed by atoms with Crippen molar-refractivity contribution in [2.75, 3.05) is 44.3 Å². The molecule has 2 aliphatic heterocycles. The Balaban J connectivity index is 1.50. The molecule has 1 atom stereocenters. The van der Waals surface area contributed by atoms with E-state index >= 15 is 0 Å². The van der Waals surface area contributed by atoms with Gasteiger partial charge in [0.2, 0.25) is 5.91 Å². The predicted octanol–water partition coefficient (Wildman–Crippen LogP) is 4.11. The van der Waals surface area contributed by atoms with Crippen molar-refractivity contribution in [3.05, 3.63) is 28.0 Å². The number of carbonyl (C=O) groups excluding carboxylic acids is 1. The highest BCUT2D eigenvalue weighted by molar-refractivity contribution is 7.19. The molecule has 3 aromatic heterocycles. The molecule has 6 nitrogen and oxygen atoms in total. The molecule has 2 aliphatic rings. The first-order valence-electron chi connectivity index (χ1n) is 10.5. The lowest BCUT2D eigenvalue weighted by molar-refractivity contribution is -0.139. The summed E-state index contributed by atoms with van der Waals surface area (Å²) in [6.45, 7) is 8.66. The van der Waals surface area contributed by atoms with E-state index in [0.717, 1.165) is 52.7 Å². The van der Waals surface area contributed by atoms with E-state index in [-0.39, 0.29) is 11.8 Å². The number of carbonyl (C=O) groups is 1. The number of aryl methyl sites for hydroxylation is 2. The minimum absolute atomic E-state index is 0.0205. The highest BCUT2D eigenvalue weighted by Gasteiger charge is 2.32. The minimum atomic E-state index is 0.0205. The molecule has 1 amide bonds. The van der Waals surface area contributed by atoms with E-state index in [4.69, 9.17) is 14.7 Å². The molecule has 158 valence electrons. The Morgan fingerprint density at radius 3 is 2.80 bits per heavy atom. The molecular formula is C22H26N4O2S2. The van der Waals surface area contributed by atoms with E-state index in [2.05, 4.69) is 30.2 Å². The predicted molar refractivity (Wildman–Crippen MR) is 123 cm³/mol. The minimum Gasteiger partial charge on any atom is -0.378 e. The normalized spacial score (nSPS) is 20.1. The molecule has 0 radical (unpaired) electrons. The van der Waals surface area contributed by atoms with Gasteiger partial charge in [-0.1, -0.05) is 6.07 Å². The van der Waals surface area contributed by atoms with Gasteiger partial charge in [0.1, 0.15) is 10.6 Å². The topological polar surface area (TPSA) is 58.6 Å². The van der Waals surface area contributed by atoms with Crippen molar-refractivity contribution in [3.63, 3.8) is 0 Å². The molecule has 0 saturated carbocycles. The lowest BCUT2D eigenvalue weighted by Crippen LogP contribution is -2.48. The van der Waals surface area contributed by atoms with E-state index in [0.29, 0.717) is 26.3 Å². The van der Waals surface area contributed by atoms with Gasteiger partial charge in [-0.15, -0.1) is 22.7 Å². The molecule has 3 aromatic rings. The Labute approximate surface area is 184 Å². The number of morpholine rings is 1. The van der Waals surface area contributed by atoms with Crippen LogP contribution in [0.2, 0.25) is 0 Å². The third-order valence-electron chi connectivity index (χ3n) is 6.14. The van der Waals surface area contributed by atoms with Crippen molar-refractivity contribution in [1.82, 2.24) is 14.9 Å². The Bertz CT molecular complexity index is 1060. The van der Waals surface area contributed by atoms with E-state index in [1.807, 2.05) is 11.0 Å². The standard InChI is InChI=1S/C22H26N4O2S2/c1-14-15(2)30-21-18(14)20(23-19(24-21)17-6-4-12-29-17)26-7-3-5-16(13-26)22(27)25-8-10-28-11-9-25/h4,6,12,16H,3,5,7-11,13H2,1-2H3/t16-/m1/s1. The highest BCUT2D eigenvalue weighted by Crippen LogP contribution is 2.38. The number of amides is 1. The summed E-state index contributed by atoms with van der Waals surface area (Å²) in [6, 6.07) is 4.11. The summed E-state index contributed by atoms with van der Waals surface area (Å²) >= 11 is 3.40. The van der Waals surface area contributed by atoms with Crippen LogP contribution in [-0.2, 0) is 9.53 Å². The molecule has 0 aromatic carbocycles. The SMILES string of the molecule is Cc1sc2nc(-c3cccs3)nc(N3CCC[C@@H](C(=O)N4CCOCC4)C3)c2c1C. The summed E-state index contributed by atoms with van der Waals surface area (Å²) in [7, 11) is 0. The number of thiophene rings is 2. The number of ether oxygens (including phenoxy) is 1. The fourth-order valence-corrected chi connectivity index (χ4v) is 6.07. The second-order valence-corrected chi connectivity index (χ2v) is 10.2. The summed E-state index contributed by atoms with van der Waals surface area (Å²) in [5.41, 5.74) is 1.25. The van der Waals surface area contributed by atoms with Gasteiger partial charge in [0.15, 0.2) is 5.82 Å². The number of nitrogens with zero attached hydrogens (tertiary/aromatic N) is 4. The first-order valence-corrected chi connectivity index (χ1v) is 12.2. The van der Waals surface area contributed by atoms with Gasteiger partial charge in [0, 0.05) is 31.1 Å². The number of hydrogen-bond donors (Lipinski definition) is 0. The average molecular weight is 443 g/mol. The molecule has 0 bridgehead atoms. The Hall–Kier alpha value is -2.03. The first-order chi connectivity index (χ1) is 14.6. The number of aromatic nitrogens is 2. The van der Waals surface area contributed by atoms with Crippen LogP contribution in [0.15, 0.2) is 17.5 Å². The zero-order chi connectivity index (χ0) is 20.7. The van der Waals surface area contributed by atoms with Crippen LogP contribution in [0.1, 0.15) is 23.3 Å². The Morgan fingerprint density at radius 1 is 1.20 bits per heavy atom. The van der Waals surface area contributed by atoms with Crippen molar-refractivity contribution < 1.29 is 9.53 Å². The summed E-state index contributed by atoms with van der Waals surface area (Å²) < 4.78 is 5.42. The zero-order valence-electron chi connectivity index (χ0n) is 17.4. The largest absolute Gasteiger partial charge is 0.378 e. The number of fused-ring (bicyclic) bond motifs is 1. The van der Waals surface area contributed by atoms with Gasteiger partial charge in [-0.2, -0.15) is 0 Å². The summed E-state index contributed by atoms with van der Waals surface area (Å²) in [5.74, 6) is 2.07. The lowest BCUT2D eigenvalue weighted by Gasteiger charge is -2.37. The molecule has 8 heteroatoms. The van der Waals surface area contributed by atoms with Crippen molar-refractivity contribution in [1.29, 1.82) is 0 Å². The molecule has 2 saturated heterocycles. The highest BCUT2D eigenvalue weighted by atomic mass is 32.1. The van der Waals surface area contributed by atoms with Crippen LogP contribution < -0.4 is 4.90 Å². The summed E-state index contributed by atoms with van der Waals surface area (Å²) in [4.78, 5) is 30.8. The number of piperidine rings is 1. The van der Waals surface area contributed by atoms with E-state index in [1.165, 1.54) is 10.4 Å². The van der Waals surface area contributed by atoms with E-state index in [9.17, 15) is 4.79 Å². The smallest absolute Gasteiger partial charge is 0.227 e. The van der Waals surface area contributed by atoms with Gasteiger partial charge < -0.3 is 14.5 Å². The third kappa shape index (κ3) is 3.61. The molecule has 0 N–H and O–H groups in total. The Morgan fingerprint density at radius 2 is 2.03 bits per heavy atom. The van der Waals surface area contributed by atoms with Crippen molar-refractivity contribution >= 4 is 44.6 Å². The number of hydrogen-bond acceptors (Lipinski definition) is 7. The molecule has 0 spiro atoms. The molecular weight excluding hydrogens is 416 g/mol. The average Bonchev–Trinajstić information content (AvgIpc) is 3.42. The van der Waals surface area contributed by atoms with Crippen LogP contribution in [0.25, 0.3) is 20.9 Å². The second-order valence-electron chi connectivity index (χ2n) is 8.03. The molecule has 5 heterocycles. The van der Waals surface area contributed by atoms with Gasteiger partial charge >= 0.3 is 0 Å². The van der Waals surface area contributed by atoms with Crippen LogP contribution in [-0.4, -0.2) is 60.2 Å². The maximum absolute atomic E-state index is 13.1. The van der Waals surface area contributed by atoms with Gasteiger partial charge in [-0.3, -0.25) is 4.79 Å². The van der Waals surface area contributed by atoms with Crippen LogP contribution in [0.5, 0.6) is 0 Å². The third-order valence-corrected chi connectivity index (χ3v) is 8.11. The molecule has 30 heavy (non-hydrogen) atoms. The molecule has 0 aliphatic carbocycles. The maximum Gasteiger partial charge on any atom is 0.227 e. The number of anilines is 1. The zero-order valence-corrected chi connectivity index (χ0v) is 19.0. The summed E-state index contributed by atoms with van der Waals surface area (Å²) in [5, 5.41) is 3.21. The number of rotatable bonds is 3. The monoisotopic (exact) mass is 442 g/mol. The second kappa shape index (κ2) is 8.24. The fraction of sp³-hybridized carbons (Fsp3) is 0.500. The Kier molecular flexibility index (Phi) is 5.47. The van der Waals surface area contributed by atoms with Gasteiger partial charge in [0.25, 0.3) is 0 Å². The van der Waals surface area contributed by atoms with E-state index in [1.54, 1.807) is 22.7 Å². The van der Waals surface area contributed by atoms with Crippen LogP contribution >= 0.6 is 22.7 Å². The quantitative estimate of drug-likeness (QED) is 0.611.